The number of aliphatic hydroxyl groups excluding tert-OH is 1. The molecule has 3 rings (SSSR count). The monoisotopic (exact) mass is 471 g/mol. The summed E-state index contributed by atoms with van der Waals surface area (Å²) in [7, 11) is 6.35. The number of nitrogens with zero attached hydrogens (tertiary/aromatic N) is 1. The van der Waals surface area contributed by atoms with Crippen LogP contribution in [0.1, 0.15) is 59.0 Å². The van der Waals surface area contributed by atoms with Gasteiger partial charge in [0.1, 0.15) is 11.6 Å². The van der Waals surface area contributed by atoms with Crippen LogP contribution in [0.3, 0.4) is 0 Å². The molecule has 1 fully saturated rings. The molecule has 0 aliphatic heterocycles. The van der Waals surface area contributed by atoms with Crippen molar-refractivity contribution in [2.45, 2.75) is 37.5 Å². The van der Waals surface area contributed by atoms with E-state index in [0.717, 1.165) is 24.0 Å². The minimum absolute atomic E-state index is 0.0336. The summed E-state index contributed by atoms with van der Waals surface area (Å²) in [4.78, 5) is 26.1. The summed E-state index contributed by atoms with van der Waals surface area (Å²) in [6.45, 7) is -0.107. The van der Waals surface area contributed by atoms with Crippen LogP contribution in [-0.4, -0.2) is 56.8 Å². The molecule has 0 bridgehead atoms. The number of hydrogen-bond acceptors (Lipinski definition) is 5. The smallest absolute Gasteiger partial charge is 0.305 e. The van der Waals surface area contributed by atoms with E-state index in [9.17, 15) is 19.1 Å². The number of rotatable bonds is 9. The molecule has 0 radical (unpaired) electrons. The van der Waals surface area contributed by atoms with Gasteiger partial charge in [-0.05, 0) is 72.9 Å². The topological polar surface area (TPSA) is 76.1 Å². The molecule has 1 aliphatic rings. The van der Waals surface area contributed by atoms with Crippen LogP contribution in [0.15, 0.2) is 42.5 Å². The zero-order chi connectivity index (χ0) is 24.8. The average Bonchev–Trinajstić information content (AvgIpc) is 3.23. The molecule has 0 heterocycles. The van der Waals surface area contributed by atoms with Crippen LogP contribution in [0.4, 0.5) is 4.39 Å². The van der Waals surface area contributed by atoms with Gasteiger partial charge in [0.05, 0.1) is 20.8 Å². The van der Waals surface area contributed by atoms with E-state index in [1.165, 1.54) is 24.1 Å². The number of ether oxygens (including phenoxy) is 2. The third-order valence-corrected chi connectivity index (χ3v) is 6.97. The lowest BCUT2D eigenvalue weighted by Gasteiger charge is -2.29. The van der Waals surface area contributed by atoms with Crippen molar-refractivity contribution in [3.8, 4) is 5.75 Å². The van der Waals surface area contributed by atoms with Gasteiger partial charge in [-0.25, -0.2) is 4.39 Å². The molecule has 34 heavy (non-hydrogen) atoms. The number of aliphatic hydroxyl groups is 1. The zero-order valence-corrected chi connectivity index (χ0v) is 20.3. The Morgan fingerprint density at radius 2 is 1.76 bits per heavy atom. The summed E-state index contributed by atoms with van der Waals surface area (Å²) in [5.74, 6) is -0.0428. The van der Waals surface area contributed by atoms with E-state index >= 15 is 0 Å². The molecule has 1 amide bonds. The summed E-state index contributed by atoms with van der Waals surface area (Å²) < 4.78 is 24.1. The highest BCUT2D eigenvalue weighted by Crippen LogP contribution is 2.50. The number of methoxy groups -OCH3 is 2. The largest absolute Gasteiger partial charge is 0.496 e. The quantitative estimate of drug-likeness (QED) is 0.550. The first-order valence-electron chi connectivity index (χ1n) is 11.6. The molecule has 2 aromatic rings. The van der Waals surface area contributed by atoms with Gasteiger partial charge >= 0.3 is 5.97 Å². The number of carbonyl (C=O) groups excluding carboxylic acids is 2. The van der Waals surface area contributed by atoms with Gasteiger partial charge in [-0.1, -0.05) is 12.1 Å². The Morgan fingerprint density at radius 3 is 2.35 bits per heavy atom. The van der Waals surface area contributed by atoms with Gasteiger partial charge in [-0.2, -0.15) is 0 Å². The number of halogens is 1. The Hall–Kier alpha value is -2.93. The normalized spacial score (nSPS) is 20.6. The van der Waals surface area contributed by atoms with Crippen LogP contribution in [0, 0.1) is 17.7 Å². The van der Waals surface area contributed by atoms with E-state index in [1.807, 2.05) is 0 Å². The van der Waals surface area contributed by atoms with E-state index in [-0.39, 0.29) is 48.0 Å². The highest BCUT2D eigenvalue weighted by atomic mass is 19.1. The molecule has 0 spiro atoms. The number of esters is 1. The van der Waals surface area contributed by atoms with Crippen molar-refractivity contribution in [2.24, 2.45) is 11.8 Å². The molecule has 1 saturated carbocycles. The van der Waals surface area contributed by atoms with Crippen LogP contribution in [0.5, 0.6) is 5.75 Å². The maximum atomic E-state index is 13.6. The van der Waals surface area contributed by atoms with Gasteiger partial charge in [0, 0.05) is 37.6 Å². The third kappa shape index (κ3) is 5.76. The number of benzene rings is 2. The fraction of sp³-hybridized carbons (Fsp3) is 0.481. The van der Waals surface area contributed by atoms with Crippen molar-refractivity contribution in [2.75, 3.05) is 34.9 Å². The van der Waals surface area contributed by atoms with Crippen LogP contribution < -0.4 is 4.74 Å². The van der Waals surface area contributed by atoms with Gasteiger partial charge in [0.15, 0.2) is 0 Å². The predicted octanol–water partition coefficient (Wildman–Crippen LogP) is 4.38. The molecule has 7 heteroatoms. The second-order valence-electron chi connectivity index (χ2n) is 9.23. The van der Waals surface area contributed by atoms with Crippen molar-refractivity contribution >= 4 is 11.9 Å². The van der Waals surface area contributed by atoms with Gasteiger partial charge < -0.3 is 19.5 Å². The van der Waals surface area contributed by atoms with Crippen LogP contribution in [0.25, 0.3) is 0 Å². The molecule has 3 unspecified atom stereocenters. The average molecular weight is 472 g/mol. The number of amides is 1. The summed E-state index contributed by atoms with van der Waals surface area (Å²) in [6.07, 6.45) is 2.66. The van der Waals surface area contributed by atoms with Gasteiger partial charge in [0.2, 0.25) is 0 Å². The fourth-order valence-electron chi connectivity index (χ4n) is 5.30. The molecule has 1 N–H and O–H groups in total. The molecule has 4 atom stereocenters. The van der Waals surface area contributed by atoms with E-state index in [4.69, 9.17) is 9.47 Å². The molecule has 2 aromatic carbocycles. The summed E-state index contributed by atoms with van der Waals surface area (Å²) in [5, 5.41) is 10.4. The Kier molecular flexibility index (Phi) is 8.67. The molecule has 6 nitrogen and oxygen atoms in total. The Labute approximate surface area is 200 Å². The van der Waals surface area contributed by atoms with E-state index in [1.54, 1.807) is 51.5 Å². The molecule has 1 aliphatic carbocycles. The van der Waals surface area contributed by atoms with Crippen molar-refractivity contribution in [1.82, 2.24) is 4.90 Å². The maximum Gasteiger partial charge on any atom is 0.305 e. The third-order valence-electron chi connectivity index (χ3n) is 6.97. The Balaban J connectivity index is 1.93. The van der Waals surface area contributed by atoms with Crippen LogP contribution in [-0.2, 0) is 9.53 Å². The first kappa shape index (κ1) is 25.7. The second-order valence-corrected chi connectivity index (χ2v) is 9.23. The summed E-state index contributed by atoms with van der Waals surface area (Å²) in [6, 6.07) is 11.8. The van der Waals surface area contributed by atoms with Crippen molar-refractivity contribution in [1.29, 1.82) is 0 Å². The zero-order valence-electron chi connectivity index (χ0n) is 20.3. The predicted molar refractivity (Wildman–Crippen MR) is 127 cm³/mol. The van der Waals surface area contributed by atoms with Gasteiger partial charge in [-0.3, -0.25) is 9.59 Å². The SMILES string of the molecule is COC(=O)CC1CCC(CC(CO)c2cc(C(=O)N(C)C)ccc2OC)[C@@H]1c1ccc(F)cc1. The van der Waals surface area contributed by atoms with Crippen molar-refractivity contribution < 1.29 is 28.6 Å². The summed E-state index contributed by atoms with van der Waals surface area (Å²) >= 11 is 0. The summed E-state index contributed by atoms with van der Waals surface area (Å²) in [5.41, 5.74) is 2.30. The first-order chi connectivity index (χ1) is 16.3. The highest BCUT2D eigenvalue weighted by Gasteiger charge is 2.39. The fourth-order valence-corrected chi connectivity index (χ4v) is 5.30. The molecular weight excluding hydrogens is 437 g/mol. The number of carbonyl (C=O) groups is 2. The van der Waals surface area contributed by atoms with Crippen LogP contribution >= 0.6 is 0 Å². The lowest BCUT2D eigenvalue weighted by atomic mass is 9.77. The second kappa shape index (κ2) is 11.5. The van der Waals surface area contributed by atoms with Gasteiger partial charge in [-0.15, -0.1) is 0 Å². The first-order valence-corrected chi connectivity index (χ1v) is 11.6. The van der Waals surface area contributed by atoms with E-state index in [2.05, 4.69) is 0 Å². The van der Waals surface area contributed by atoms with E-state index in [0.29, 0.717) is 24.2 Å². The highest BCUT2D eigenvalue weighted by molar-refractivity contribution is 5.94. The molecule has 0 saturated heterocycles. The van der Waals surface area contributed by atoms with Crippen molar-refractivity contribution in [3.63, 3.8) is 0 Å². The Morgan fingerprint density at radius 1 is 1.09 bits per heavy atom. The molecule has 184 valence electrons. The molecular formula is C27H34FNO5. The Bertz CT molecular complexity index is 991. The minimum Gasteiger partial charge on any atom is -0.496 e. The van der Waals surface area contributed by atoms with Gasteiger partial charge in [0.25, 0.3) is 5.91 Å². The lowest BCUT2D eigenvalue weighted by molar-refractivity contribution is -0.141. The lowest BCUT2D eigenvalue weighted by Crippen LogP contribution is -2.22. The maximum absolute atomic E-state index is 13.6. The van der Waals surface area contributed by atoms with E-state index < -0.39 is 0 Å². The standard InChI is InChI=1S/C27H34FNO5/c1-29(2)27(32)20-9-12-24(33-3)23(14-20)21(16-30)13-18-5-6-19(15-25(31)34-4)26(18)17-7-10-22(28)11-8-17/h7-12,14,18-19,21,26,30H,5-6,13,15-16H2,1-4H3/t18?,19?,21?,26-/m0/s1. The van der Waals surface area contributed by atoms with Crippen LogP contribution in [0.2, 0.25) is 0 Å². The molecule has 0 aromatic heterocycles. The minimum atomic E-state index is -0.303. The van der Waals surface area contributed by atoms with Crippen molar-refractivity contribution in [3.05, 3.63) is 65.0 Å². The number of hydrogen-bond donors (Lipinski definition) is 1.